The van der Waals surface area contributed by atoms with Gasteiger partial charge in [0.2, 0.25) is 0 Å². The molecule has 0 aromatic heterocycles. The van der Waals surface area contributed by atoms with Gasteiger partial charge in [0.15, 0.2) is 0 Å². The normalized spacial score (nSPS) is 56.4. The third-order valence-electron chi connectivity index (χ3n) is 4.03. The molecule has 0 saturated heterocycles. The first-order valence-electron chi connectivity index (χ1n) is 4.93. The second-order valence-electron chi connectivity index (χ2n) is 4.72. The topological polar surface area (TPSA) is 17.1 Å². The van der Waals surface area contributed by atoms with Gasteiger partial charge in [-0.2, -0.15) is 0 Å². The van der Waals surface area contributed by atoms with Gasteiger partial charge in [-0.15, -0.1) is 0 Å². The monoisotopic (exact) mass is 228 g/mol. The molecule has 0 amide bonds. The van der Waals surface area contributed by atoms with E-state index in [2.05, 4.69) is 15.9 Å². The van der Waals surface area contributed by atoms with Crippen LogP contribution in [-0.4, -0.2) is 10.6 Å². The number of halogens is 1. The van der Waals surface area contributed by atoms with Crippen molar-refractivity contribution >= 4 is 21.7 Å². The molecular formula is C10H13BrO. The van der Waals surface area contributed by atoms with E-state index < -0.39 is 0 Å². The molecular weight excluding hydrogens is 216 g/mol. The molecule has 4 aliphatic rings. The first-order valence-corrected chi connectivity index (χ1v) is 5.85. The van der Waals surface area contributed by atoms with Gasteiger partial charge in [-0.1, -0.05) is 15.9 Å². The Bertz CT molecular complexity index is 238. The number of ketones is 1. The van der Waals surface area contributed by atoms with Crippen molar-refractivity contribution in [1.29, 1.82) is 0 Å². The zero-order valence-electron chi connectivity index (χ0n) is 7.00. The van der Waals surface area contributed by atoms with Gasteiger partial charge in [-0.05, 0) is 37.5 Å². The molecule has 4 saturated carbocycles. The molecule has 4 rings (SSSR count). The minimum absolute atomic E-state index is 0.390. The Labute approximate surface area is 81.0 Å². The van der Waals surface area contributed by atoms with Gasteiger partial charge in [0, 0.05) is 16.7 Å². The Morgan fingerprint density at radius 2 is 2.00 bits per heavy atom. The molecule has 0 aliphatic heterocycles. The van der Waals surface area contributed by atoms with Gasteiger partial charge < -0.3 is 0 Å². The van der Waals surface area contributed by atoms with Crippen LogP contribution in [0.15, 0.2) is 0 Å². The molecule has 66 valence electrons. The lowest BCUT2D eigenvalue weighted by Gasteiger charge is -2.51. The maximum absolute atomic E-state index is 11.8. The molecule has 5 atom stereocenters. The van der Waals surface area contributed by atoms with E-state index in [1.807, 2.05) is 0 Å². The van der Waals surface area contributed by atoms with E-state index in [9.17, 15) is 4.79 Å². The van der Waals surface area contributed by atoms with E-state index in [4.69, 9.17) is 0 Å². The van der Waals surface area contributed by atoms with E-state index in [0.29, 0.717) is 22.4 Å². The molecule has 1 nitrogen and oxygen atoms in total. The van der Waals surface area contributed by atoms with Gasteiger partial charge in [0.05, 0.1) is 0 Å². The molecule has 0 spiro atoms. The van der Waals surface area contributed by atoms with E-state index in [1.165, 1.54) is 25.7 Å². The summed E-state index contributed by atoms with van der Waals surface area (Å²) < 4.78 is 0. The maximum Gasteiger partial charge on any atom is 0.140 e. The van der Waals surface area contributed by atoms with Crippen molar-refractivity contribution < 1.29 is 4.79 Å². The summed E-state index contributed by atoms with van der Waals surface area (Å²) in [6.45, 7) is 0. The van der Waals surface area contributed by atoms with Gasteiger partial charge in [0.25, 0.3) is 0 Å². The van der Waals surface area contributed by atoms with Crippen LogP contribution in [0.3, 0.4) is 0 Å². The van der Waals surface area contributed by atoms with E-state index >= 15 is 0 Å². The van der Waals surface area contributed by atoms with Crippen LogP contribution >= 0.6 is 15.9 Å². The molecule has 4 fully saturated rings. The fraction of sp³-hybridized carbons (Fsp3) is 0.900. The van der Waals surface area contributed by atoms with Crippen LogP contribution in [0.1, 0.15) is 25.7 Å². The van der Waals surface area contributed by atoms with Crippen LogP contribution < -0.4 is 0 Å². The Balaban J connectivity index is 1.98. The maximum atomic E-state index is 11.8. The summed E-state index contributed by atoms with van der Waals surface area (Å²) in [6.07, 6.45) is 4.96. The van der Waals surface area contributed by atoms with Crippen LogP contribution in [0.5, 0.6) is 0 Å². The summed E-state index contributed by atoms with van der Waals surface area (Å²) in [6, 6.07) is 0. The number of alkyl halides is 1. The van der Waals surface area contributed by atoms with Crippen LogP contribution in [0.4, 0.5) is 0 Å². The highest BCUT2D eigenvalue weighted by molar-refractivity contribution is 9.09. The van der Waals surface area contributed by atoms with Crippen molar-refractivity contribution in [2.45, 2.75) is 30.5 Å². The lowest BCUT2D eigenvalue weighted by molar-refractivity contribution is -0.138. The average molecular weight is 229 g/mol. The first kappa shape index (κ1) is 7.54. The predicted molar refractivity (Wildman–Crippen MR) is 50.2 cm³/mol. The fourth-order valence-electron chi connectivity index (χ4n) is 3.56. The minimum Gasteiger partial charge on any atom is -0.299 e. The molecule has 12 heavy (non-hydrogen) atoms. The highest BCUT2D eigenvalue weighted by Crippen LogP contribution is 2.54. The molecule has 0 heterocycles. The van der Waals surface area contributed by atoms with Gasteiger partial charge in [-0.25, -0.2) is 0 Å². The van der Waals surface area contributed by atoms with Crippen molar-refractivity contribution in [1.82, 2.24) is 0 Å². The van der Waals surface area contributed by atoms with Crippen molar-refractivity contribution in [3.05, 3.63) is 0 Å². The lowest BCUT2D eigenvalue weighted by Crippen LogP contribution is -2.51. The third-order valence-corrected chi connectivity index (χ3v) is 5.42. The first-order chi connectivity index (χ1) is 5.75. The molecule has 0 radical (unpaired) electrons. The molecule has 2 heteroatoms. The quantitative estimate of drug-likeness (QED) is 0.583. The molecule has 0 aromatic rings. The number of rotatable bonds is 0. The van der Waals surface area contributed by atoms with Crippen LogP contribution in [0, 0.1) is 23.7 Å². The highest BCUT2D eigenvalue weighted by Gasteiger charge is 2.52. The second-order valence-corrected chi connectivity index (χ2v) is 5.78. The van der Waals surface area contributed by atoms with Crippen LogP contribution in [-0.2, 0) is 4.79 Å². The van der Waals surface area contributed by atoms with Crippen molar-refractivity contribution in [2.24, 2.45) is 23.7 Å². The molecule has 0 aromatic carbocycles. The molecule has 4 aliphatic carbocycles. The lowest BCUT2D eigenvalue weighted by atomic mass is 9.56. The molecule has 0 N–H and O–H groups in total. The number of hydrogen-bond acceptors (Lipinski definition) is 1. The van der Waals surface area contributed by atoms with Gasteiger partial charge >= 0.3 is 0 Å². The Morgan fingerprint density at radius 3 is 2.83 bits per heavy atom. The number of carbonyl (C=O) groups is 1. The Kier molecular flexibility index (Phi) is 1.47. The van der Waals surface area contributed by atoms with Crippen LogP contribution in [0.25, 0.3) is 0 Å². The number of hydrogen-bond donors (Lipinski definition) is 0. The van der Waals surface area contributed by atoms with Gasteiger partial charge in [0.1, 0.15) is 5.78 Å². The smallest absolute Gasteiger partial charge is 0.140 e. The van der Waals surface area contributed by atoms with E-state index in [-0.39, 0.29) is 0 Å². The van der Waals surface area contributed by atoms with Gasteiger partial charge in [-0.3, -0.25) is 4.79 Å². The fourth-order valence-corrected chi connectivity index (χ4v) is 4.47. The standard InChI is InChI=1S/C10H13BrO/c11-9-6-1-5-2-7(4-6)10(12)8(9)3-5/h5-9H,1-4H2/t5-,6+,7-,8+,9-/m0/s1. The zero-order chi connectivity index (χ0) is 8.29. The van der Waals surface area contributed by atoms with Crippen LogP contribution in [0.2, 0.25) is 0 Å². The minimum atomic E-state index is 0.390. The summed E-state index contributed by atoms with van der Waals surface area (Å²) in [5, 5.41) is 0. The summed E-state index contributed by atoms with van der Waals surface area (Å²) >= 11 is 3.70. The van der Waals surface area contributed by atoms with E-state index in [0.717, 1.165) is 11.8 Å². The predicted octanol–water partition coefficient (Wildman–Crippen LogP) is 2.39. The SMILES string of the molecule is O=C1[C@H]2C[C@@H]3C[C@H](C2)[C@H](Br)[C@H]1C3. The largest absolute Gasteiger partial charge is 0.299 e. The zero-order valence-corrected chi connectivity index (χ0v) is 8.59. The molecule has 4 bridgehead atoms. The van der Waals surface area contributed by atoms with Crippen molar-refractivity contribution in [3.63, 3.8) is 0 Å². The Hall–Kier alpha value is 0.150. The Morgan fingerprint density at radius 1 is 1.17 bits per heavy atom. The summed E-state index contributed by atoms with van der Waals surface area (Å²) in [5.41, 5.74) is 0. The third kappa shape index (κ3) is 0.822. The average Bonchev–Trinajstić information content (AvgIpc) is 2.07. The van der Waals surface area contributed by atoms with Crippen molar-refractivity contribution in [3.8, 4) is 0 Å². The second kappa shape index (κ2) is 2.34. The molecule has 0 unspecified atom stereocenters. The number of carbonyl (C=O) groups excluding carboxylic acids is 1. The highest BCUT2D eigenvalue weighted by atomic mass is 79.9. The van der Waals surface area contributed by atoms with E-state index in [1.54, 1.807) is 0 Å². The summed E-state index contributed by atoms with van der Waals surface area (Å²) in [5.74, 6) is 3.14. The number of Topliss-reactive ketones (excluding diaryl/α,β-unsaturated/α-hetero) is 1. The summed E-state index contributed by atoms with van der Waals surface area (Å²) in [7, 11) is 0. The summed E-state index contributed by atoms with van der Waals surface area (Å²) in [4.78, 5) is 12.3. The van der Waals surface area contributed by atoms with Crippen molar-refractivity contribution in [2.75, 3.05) is 0 Å².